The van der Waals surface area contributed by atoms with Crippen LogP contribution in [0, 0.1) is 13.8 Å². The number of Topliss-reactive ketones (excluding diaryl/α,β-unsaturated/α-hetero) is 1. The first-order valence-electron chi connectivity index (χ1n) is 5.17. The van der Waals surface area contributed by atoms with Crippen LogP contribution in [0.25, 0.3) is 0 Å². The summed E-state index contributed by atoms with van der Waals surface area (Å²) < 4.78 is 35.6. The third-order valence-corrected chi connectivity index (χ3v) is 2.30. The molecule has 0 spiro atoms. The molecule has 0 amide bonds. The number of carbonyl (C=O) groups excluding carboxylic acids is 1. The molecule has 0 aromatic heterocycles. The van der Waals surface area contributed by atoms with Gasteiger partial charge in [-0.2, -0.15) is 13.2 Å². The molecule has 2 nitrogen and oxygen atoms in total. The van der Waals surface area contributed by atoms with Gasteiger partial charge in [0.15, 0.2) is 5.78 Å². The quantitative estimate of drug-likeness (QED) is 0.826. The van der Waals surface area contributed by atoms with Gasteiger partial charge in [0, 0.05) is 5.56 Å². The van der Waals surface area contributed by atoms with Gasteiger partial charge in [0.05, 0.1) is 13.1 Å². The van der Waals surface area contributed by atoms with Gasteiger partial charge in [-0.25, -0.2) is 0 Å². The fraction of sp³-hybridized carbons (Fsp3) is 0.417. The van der Waals surface area contributed by atoms with Crippen molar-refractivity contribution in [1.29, 1.82) is 0 Å². The lowest BCUT2D eigenvalue weighted by molar-refractivity contribution is -0.124. The van der Waals surface area contributed by atoms with Crippen LogP contribution in [-0.4, -0.2) is 25.0 Å². The molecule has 0 aliphatic carbocycles. The molecule has 0 bridgehead atoms. The van der Waals surface area contributed by atoms with Crippen LogP contribution in [-0.2, 0) is 0 Å². The first kappa shape index (κ1) is 13.7. The lowest BCUT2D eigenvalue weighted by atomic mass is 10.0. The number of carbonyl (C=O) groups is 1. The predicted octanol–water partition coefficient (Wildman–Crippen LogP) is 2.64. The standard InChI is InChI=1S/C12H14F3NO/c1-8-3-4-9(2)10(5-8)11(17)6-16-7-12(13,14)15/h3-5,16H,6-7H2,1-2H3. The average Bonchev–Trinajstić information content (AvgIpc) is 2.19. The molecular formula is C12H14F3NO. The van der Waals surface area contributed by atoms with Crippen molar-refractivity contribution in [2.45, 2.75) is 20.0 Å². The van der Waals surface area contributed by atoms with E-state index in [1.54, 1.807) is 19.1 Å². The van der Waals surface area contributed by atoms with Gasteiger partial charge in [0.2, 0.25) is 0 Å². The van der Waals surface area contributed by atoms with Crippen LogP contribution in [0.3, 0.4) is 0 Å². The van der Waals surface area contributed by atoms with E-state index >= 15 is 0 Å². The topological polar surface area (TPSA) is 29.1 Å². The van der Waals surface area contributed by atoms with Crippen molar-refractivity contribution >= 4 is 5.78 Å². The normalized spacial score (nSPS) is 11.6. The predicted molar refractivity (Wildman–Crippen MR) is 59.2 cm³/mol. The fourth-order valence-corrected chi connectivity index (χ4v) is 1.45. The van der Waals surface area contributed by atoms with Gasteiger partial charge in [-0.1, -0.05) is 17.7 Å². The number of ketones is 1. The van der Waals surface area contributed by atoms with Crippen LogP contribution in [0.2, 0.25) is 0 Å². The first-order valence-corrected chi connectivity index (χ1v) is 5.17. The highest BCUT2D eigenvalue weighted by molar-refractivity contribution is 5.99. The maximum atomic E-state index is 11.9. The molecule has 0 atom stereocenters. The molecule has 17 heavy (non-hydrogen) atoms. The first-order chi connectivity index (χ1) is 7.79. The summed E-state index contributed by atoms with van der Waals surface area (Å²) in [6, 6.07) is 5.33. The third-order valence-electron chi connectivity index (χ3n) is 2.30. The summed E-state index contributed by atoms with van der Waals surface area (Å²) in [7, 11) is 0. The van der Waals surface area contributed by atoms with Gasteiger partial charge < -0.3 is 5.32 Å². The maximum absolute atomic E-state index is 11.9. The van der Waals surface area contributed by atoms with E-state index in [-0.39, 0.29) is 12.3 Å². The summed E-state index contributed by atoms with van der Waals surface area (Å²) in [5.41, 5.74) is 2.16. The van der Waals surface area contributed by atoms with E-state index in [0.717, 1.165) is 11.1 Å². The van der Waals surface area contributed by atoms with Crippen LogP contribution in [0.1, 0.15) is 21.5 Å². The summed E-state index contributed by atoms with van der Waals surface area (Å²) in [5.74, 6) is -0.324. The Morgan fingerprint density at radius 3 is 2.53 bits per heavy atom. The highest BCUT2D eigenvalue weighted by Gasteiger charge is 2.26. The summed E-state index contributed by atoms with van der Waals surface area (Å²) >= 11 is 0. The van der Waals surface area contributed by atoms with Crippen LogP contribution in [0.4, 0.5) is 13.2 Å². The number of halogens is 3. The number of hydrogen-bond acceptors (Lipinski definition) is 2. The van der Waals surface area contributed by atoms with Crippen LogP contribution >= 0.6 is 0 Å². The molecule has 1 aromatic rings. The molecule has 0 aliphatic rings. The monoisotopic (exact) mass is 245 g/mol. The maximum Gasteiger partial charge on any atom is 0.401 e. The molecule has 0 aliphatic heterocycles. The summed E-state index contributed by atoms with van der Waals surface area (Å²) in [6.07, 6.45) is -4.29. The van der Waals surface area contributed by atoms with E-state index in [2.05, 4.69) is 5.32 Å². The lowest BCUT2D eigenvalue weighted by Gasteiger charge is -2.09. The lowest BCUT2D eigenvalue weighted by Crippen LogP contribution is -2.33. The largest absolute Gasteiger partial charge is 0.401 e. The molecule has 94 valence electrons. The molecule has 0 saturated heterocycles. The van der Waals surface area contributed by atoms with Crippen molar-refractivity contribution in [3.63, 3.8) is 0 Å². The number of alkyl halides is 3. The molecule has 0 heterocycles. The second-order valence-electron chi connectivity index (χ2n) is 3.96. The molecule has 5 heteroatoms. The zero-order chi connectivity index (χ0) is 13.1. The van der Waals surface area contributed by atoms with Gasteiger partial charge in [-0.15, -0.1) is 0 Å². The smallest absolute Gasteiger partial charge is 0.302 e. The average molecular weight is 245 g/mol. The highest BCUT2D eigenvalue weighted by atomic mass is 19.4. The zero-order valence-corrected chi connectivity index (χ0v) is 9.69. The van der Waals surface area contributed by atoms with E-state index in [1.165, 1.54) is 0 Å². The number of benzene rings is 1. The van der Waals surface area contributed by atoms with Crippen molar-refractivity contribution < 1.29 is 18.0 Å². The number of hydrogen-bond donors (Lipinski definition) is 1. The van der Waals surface area contributed by atoms with E-state index in [4.69, 9.17) is 0 Å². The second kappa shape index (κ2) is 5.31. The van der Waals surface area contributed by atoms with E-state index < -0.39 is 12.7 Å². The number of aryl methyl sites for hydroxylation is 2. The molecule has 0 radical (unpaired) electrons. The van der Waals surface area contributed by atoms with Gasteiger partial charge in [0.1, 0.15) is 0 Å². The molecule has 0 unspecified atom stereocenters. The van der Waals surface area contributed by atoms with Gasteiger partial charge in [-0.3, -0.25) is 4.79 Å². The number of nitrogens with one attached hydrogen (secondary N) is 1. The minimum atomic E-state index is -4.29. The SMILES string of the molecule is Cc1ccc(C)c(C(=O)CNCC(F)(F)F)c1. The Balaban J connectivity index is 2.61. The van der Waals surface area contributed by atoms with Crippen molar-refractivity contribution in [3.8, 4) is 0 Å². The Hall–Kier alpha value is -1.36. The Morgan fingerprint density at radius 2 is 1.94 bits per heavy atom. The molecule has 1 rings (SSSR count). The van der Waals surface area contributed by atoms with Crippen molar-refractivity contribution in [2.24, 2.45) is 0 Å². The van der Waals surface area contributed by atoms with Crippen molar-refractivity contribution in [1.82, 2.24) is 5.32 Å². The summed E-state index contributed by atoms with van der Waals surface area (Å²) in [6.45, 7) is 2.14. The minimum Gasteiger partial charge on any atom is -0.302 e. The molecule has 1 N–H and O–H groups in total. The van der Waals surface area contributed by atoms with Crippen molar-refractivity contribution in [3.05, 3.63) is 34.9 Å². The number of rotatable bonds is 4. The van der Waals surface area contributed by atoms with Gasteiger partial charge >= 0.3 is 6.18 Å². The Labute approximate surface area is 97.8 Å². The minimum absolute atomic E-state index is 0.302. The van der Waals surface area contributed by atoms with E-state index in [9.17, 15) is 18.0 Å². The van der Waals surface area contributed by atoms with E-state index in [0.29, 0.717) is 5.56 Å². The molecule has 0 saturated carbocycles. The zero-order valence-electron chi connectivity index (χ0n) is 9.69. The Bertz CT molecular complexity index is 413. The Morgan fingerprint density at radius 1 is 1.29 bits per heavy atom. The second-order valence-corrected chi connectivity index (χ2v) is 3.96. The van der Waals surface area contributed by atoms with E-state index in [1.807, 2.05) is 13.0 Å². The van der Waals surface area contributed by atoms with Gasteiger partial charge in [0.25, 0.3) is 0 Å². The van der Waals surface area contributed by atoms with Crippen LogP contribution < -0.4 is 5.32 Å². The third kappa shape index (κ3) is 4.56. The van der Waals surface area contributed by atoms with Crippen LogP contribution in [0.15, 0.2) is 18.2 Å². The van der Waals surface area contributed by atoms with Crippen LogP contribution in [0.5, 0.6) is 0 Å². The Kier molecular flexibility index (Phi) is 4.28. The highest BCUT2D eigenvalue weighted by Crippen LogP contribution is 2.13. The fourth-order valence-electron chi connectivity index (χ4n) is 1.45. The molecular weight excluding hydrogens is 231 g/mol. The molecule has 1 aromatic carbocycles. The molecule has 0 fully saturated rings. The van der Waals surface area contributed by atoms with Gasteiger partial charge in [-0.05, 0) is 25.5 Å². The summed E-state index contributed by atoms with van der Waals surface area (Å²) in [5, 5.41) is 2.10. The summed E-state index contributed by atoms with van der Waals surface area (Å²) in [4.78, 5) is 11.7. The van der Waals surface area contributed by atoms with Crippen molar-refractivity contribution in [2.75, 3.05) is 13.1 Å².